The average Bonchev–Trinajstić information content (AvgIpc) is 2.51. The Bertz CT molecular complexity index is 212. The number of aliphatic hydroxyl groups excluding tert-OH is 1. The molecule has 0 aromatic carbocycles. The Labute approximate surface area is 77.1 Å². The smallest absolute Gasteiger partial charge is 0.430 e. The average molecular weight is 186 g/mol. The summed E-state index contributed by atoms with van der Waals surface area (Å²) in [6.07, 6.45) is 1.85. The van der Waals surface area contributed by atoms with Crippen LogP contribution in [-0.2, 0) is 9.47 Å². The third-order valence-electron chi connectivity index (χ3n) is 2.13. The van der Waals surface area contributed by atoms with Gasteiger partial charge in [0.2, 0.25) is 0 Å². The van der Waals surface area contributed by atoms with Crippen LogP contribution in [0.1, 0.15) is 13.8 Å². The fourth-order valence-electron chi connectivity index (χ4n) is 1.19. The number of rotatable bonds is 3. The summed E-state index contributed by atoms with van der Waals surface area (Å²) in [5.74, 6) is -0.136. The van der Waals surface area contributed by atoms with Crippen LogP contribution in [0.15, 0.2) is 12.2 Å². The van der Waals surface area contributed by atoms with Gasteiger partial charge in [-0.1, -0.05) is 19.1 Å². The van der Waals surface area contributed by atoms with Gasteiger partial charge in [0.15, 0.2) is 0 Å². The molecular formula is C9H14O4. The molecule has 0 saturated carbocycles. The van der Waals surface area contributed by atoms with E-state index in [2.05, 4.69) is 4.74 Å². The Kier molecular flexibility index (Phi) is 3.31. The fourth-order valence-corrected chi connectivity index (χ4v) is 1.19. The third kappa shape index (κ3) is 2.45. The second-order valence-corrected chi connectivity index (χ2v) is 3.09. The van der Waals surface area contributed by atoms with Gasteiger partial charge in [0.05, 0.1) is 6.10 Å². The van der Waals surface area contributed by atoms with E-state index in [1.807, 2.05) is 13.8 Å². The minimum absolute atomic E-state index is 0.136. The van der Waals surface area contributed by atoms with Crippen LogP contribution in [0.3, 0.4) is 0 Å². The van der Waals surface area contributed by atoms with E-state index in [0.29, 0.717) is 0 Å². The van der Waals surface area contributed by atoms with E-state index in [9.17, 15) is 9.90 Å². The van der Waals surface area contributed by atoms with Crippen molar-refractivity contribution in [1.29, 1.82) is 0 Å². The number of cyclic esters (lactones) is 2. The highest BCUT2D eigenvalue weighted by molar-refractivity contribution is 5.61. The normalized spacial score (nSPS) is 27.0. The van der Waals surface area contributed by atoms with E-state index in [1.165, 1.54) is 0 Å². The Morgan fingerprint density at radius 1 is 1.69 bits per heavy atom. The molecule has 0 aliphatic carbocycles. The molecular weight excluding hydrogens is 172 g/mol. The van der Waals surface area contributed by atoms with Crippen LogP contribution in [0.2, 0.25) is 0 Å². The molecule has 1 fully saturated rings. The molecule has 0 spiro atoms. The second-order valence-electron chi connectivity index (χ2n) is 3.09. The van der Waals surface area contributed by atoms with Crippen molar-refractivity contribution in [1.82, 2.24) is 0 Å². The summed E-state index contributed by atoms with van der Waals surface area (Å²) in [5.41, 5.74) is 0. The molecule has 1 N–H and O–H groups in total. The van der Waals surface area contributed by atoms with Gasteiger partial charge in [0, 0.05) is 5.92 Å². The lowest BCUT2D eigenvalue weighted by molar-refractivity contribution is 0.0549. The molecule has 3 atom stereocenters. The second kappa shape index (κ2) is 4.28. The Morgan fingerprint density at radius 3 is 2.85 bits per heavy atom. The Balaban J connectivity index is 2.47. The summed E-state index contributed by atoms with van der Waals surface area (Å²) in [6, 6.07) is 0. The van der Waals surface area contributed by atoms with Crippen molar-refractivity contribution >= 4 is 6.16 Å². The lowest BCUT2D eigenvalue weighted by Crippen LogP contribution is -2.29. The van der Waals surface area contributed by atoms with Crippen molar-refractivity contribution in [3.8, 4) is 0 Å². The van der Waals surface area contributed by atoms with E-state index in [4.69, 9.17) is 4.74 Å². The molecule has 0 aromatic heterocycles. The van der Waals surface area contributed by atoms with E-state index < -0.39 is 12.3 Å². The molecule has 0 bridgehead atoms. The summed E-state index contributed by atoms with van der Waals surface area (Å²) >= 11 is 0. The number of hydrogen-bond donors (Lipinski definition) is 1. The molecule has 1 heterocycles. The number of hydrogen-bond acceptors (Lipinski definition) is 4. The van der Waals surface area contributed by atoms with E-state index in [0.717, 1.165) is 0 Å². The summed E-state index contributed by atoms with van der Waals surface area (Å²) in [6.45, 7) is 3.87. The molecule has 4 heteroatoms. The number of allylic oxidation sites excluding steroid dienone is 1. The van der Waals surface area contributed by atoms with Crippen molar-refractivity contribution < 1.29 is 19.4 Å². The molecule has 1 aliphatic rings. The molecule has 4 nitrogen and oxygen atoms in total. The summed E-state index contributed by atoms with van der Waals surface area (Å²) < 4.78 is 9.45. The monoisotopic (exact) mass is 186 g/mol. The SMILES string of the molecule is C/C=C/[C@@H](O)[C@@H](C)[C@H]1COC(=O)O1. The molecule has 0 radical (unpaired) electrons. The number of carbonyl (C=O) groups is 1. The third-order valence-corrected chi connectivity index (χ3v) is 2.13. The first kappa shape index (κ1) is 10.1. The highest BCUT2D eigenvalue weighted by Gasteiger charge is 2.32. The molecule has 74 valence electrons. The quantitative estimate of drug-likeness (QED) is 0.529. The molecule has 13 heavy (non-hydrogen) atoms. The molecule has 1 saturated heterocycles. The van der Waals surface area contributed by atoms with Gasteiger partial charge in [-0.15, -0.1) is 0 Å². The zero-order valence-electron chi connectivity index (χ0n) is 7.77. The van der Waals surface area contributed by atoms with E-state index >= 15 is 0 Å². The first-order chi connectivity index (χ1) is 6.15. The van der Waals surface area contributed by atoms with Crippen molar-refractivity contribution in [2.75, 3.05) is 6.61 Å². The minimum Gasteiger partial charge on any atom is -0.430 e. The molecule has 0 unspecified atom stereocenters. The summed E-state index contributed by atoms with van der Waals surface area (Å²) in [4.78, 5) is 10.6. The lowest BCUT2D eigenvalue weighted by Gasteiger charge is -2.18. The van der Waals surface area contributed by atoms with Gasteiger partial charge in [-0.25, -0.2) is 4.79 Å². The van der Waals surface area contributed by atoms with Gasteiger partial charge >= 0.3 is 6.16 Å². The number of carbonyl (C=O) groups excluding carboxylic acids is 1. The zero-order chi connectivity index (χ0) is 9.84. The lowest BCUT2D eigenvalue weighted by atomic mass is 9.98. The van der Waals surface area contributed by atoms with Gasteiger partial charge in [-0.05, 0) is 6.92 Å². The highest BCUT2D eigenvalue weighted by atomic mass is 16.8. The fraction of sp³-hybridized carbons (Fsp3) is 0.667. The van der Waals surface area contributed by atoms with Crippen LogP contribution < -0.4 is 0 Å². The number of ether oxygens (including phenoxy) is 2. The van der Waals surface area contributed by atoms with E-state index in [1.54, 1.807) is 12.2 Å². The molecule has 1 rings (SSSR count). The van der Waals surface area contributed by atoms with Crippen LogP contribution in [-0.4, -0.2) is 30.1 Å². The molecule has 0 aromatic rings. The Morgan fingerprint density at radius 2 is 2.38 bits per heavy atom. The van der Waals surface area contributed by atoms with Crippen LogP contribution in [0.25, 0.3) is 0 Å². The van der Waals surface area contributed by atoms with Crippen LogP contribution in [0.5, 0.6) is 0 Å². The van der Waals surface area contributed by atoms with Crippen molar-refractivity contribution in [2.24, 2.45) is 5.92 Å². The standard InChI is InChI=1S/C9H14O4/c1-3-4-7(10)6(2)8-5-12-9(11)13-8/h3-4,6-8,10H,5H2,1-2H3/b4-3+/t6-,7-,8-/m1/s1. The van der Waals surface area contributed by atoms with Gasteiger partial charge in [-0.2, -0.15) is 0 Å². The van der Waals surface area contributed by atoms with Gasteiger partial charge < -0.3 is 14.6 Å². The minimum atomic E-state index is -0.649. The maximum atomic E-state index is 10.6. The first-order valence-corrected chi connectivity index (χ1v) is 4.29. The van der Waals surface area contributed by atoms with Crippen LogP contribution in [0.4, 0.5) is 4.79 Å². The van der Waals surface area contributed by atoms with Crippen molar-refractivity contribution in [3.05, 3.63) is 12.2 Å². The van der Waals surface area contributed by atoms with Gasteiger partial charge in [-0.3, -0.25) is 0 Å². The highest BCUT2D eigenvalue weighted by Crippen LogP contribution is 2.19. The van der Waals surface area contributed by atoms with Gasteiger partial charge in [0.1, 0.15) is 12.7 Å². The Hall–Kier alpha value is -1.03. The number of aliphatic hydroxyl groups is 1. The predicted molar refractivity (Wildman–Crippen MR) is 46.2 cm³/mol. The maximum Gasteiger partial charge on any atom is 0.508 e. The van der Waals surface area contributed by atoms with Gasteiger partial charge in [0.25, 0.3) is 0 Å². The predicted octanol–water partition coefficient (Wildman–Crippen LogP) is 1.09. The summed E-state index contributed by atoms with van der Waals surface area (Å²) in [5, 5.41) is 9.53. The van der Waals surface area contributed by atoms with Crippen LogP contribution in [0, 0.1) is 5.92 Å². The largest absolute Gasteiger partial charge is 0.508 e. The van der Waals surface area contributed by atoms with Crippen LogP contribution >= 0.6 is 0 Å². The first-order valence-electron chi connectivity index (χ1n) is 4.29. The van der Waals surface area contributed by atoms with E-state index in [-0.39, 0.29) is 18.6 Å². The maximum absolute atomic E-state index is 10.6. The van der Waals surface area contributed by atoms with Crippen molar-refractivity contribution in [3.63, 3.8) is 0 Å². The topological polar surface area (TPSA) is 55.8 Å². The summed E-state index contributed by atoms with van der Waals surface area (Å²) in [7, 11) is 0. The molecule has 0 amide bonds. The zero-order valence-corrected chi connectivity index (χ0v) is 7.77. The van der Waals surface area contributed by atoms with Crippen molar-refractivity contribution in [2.45, 2.75) is 26.1 Å². The molecule has 1 aliphatic heterocycles.